The van der Waals surface area contributed by atoms with Gasteiger partial charge in [0.25, 0.3) is 0 Å². The van der Waals surface area contributed by atoms with E-state index in [9.17, 15) is 0 Å². The summed E-state index contributed by atoms with van der Waals surface area (Å²) in [5.41, 5.74) is 1.89. The van der Waals surface area contributed by atoms with Gasteiger partial charge in [0.2, 0.25) is 0 Å². The smallest absolute Gasteiger partial charge is 0.0231 e. The Morgan fingerprint density at radius 2 is 2.05 bits per heavy atom. The summed E-state index contributed by atoms with van der Waals surface area (Å²) in [7, 11) is 2.26. The second-order valence-electron chi connectivity index (χ2n) is 6.69. The van der Waals surface area contributed by atoms with Gasteiger partial charge < -0.3 is 10.2 Å². The van der Waals surface area contributed by atoms with Gasteiger partial charge in [-0.1, -0.05) is 47.8 Å². The minimum absolute atomic E-state index is 0.496. The zero-order valence-corrected chi connectivity index (χ0v) is 15.1. The third-order valence-electron chi connectivity index (χ3n) is 4.54. The van der Waals surface area contributed by atoms with Crippen LogP contribution in [0.5, 0.6) is 0 Å². The van der Waals surface area contributed by atoms with Crippen LogP contribution in [-0.2, 0) is 6.54 Å². The van der Waals surface area contributed by atoms with Crippen molar-refractivity contribution in [2.24, 2.45) is 5.41 Å². The molecule has 1 aromatic rings. The predicted octanol–water partition coefficient (Wildman–Crippen LogP) is 4.44. The van der Waals surface area contributed by atoms with Crippen molar-refractivity contribution in [3.8, 4) is 0 Å². The first-order valence-corrected chi connectivity index (χ1v) is 9.06. The molecule has 1 aliphatic carbocycles. The molecule has 1 saturated carbocycles. The van der Waals surface area contributed by atoms with Gasteiger partial charge in [-0.3, -0.25) is 0 Å². The fraction of sp³-hybridized carbons (Fsp3) is 0.667. The second kappa shape index (κ2) is 8.30. The van der Waals surface area contributed by atoms with E-state index in [1.165, 1.54) is 55.2 Å². The van der Waals surface area contributed by atoms with Crippen molar-refractivity contribution in [1.29, 1.82) is 0 Å². The molecule has 2 nitrogen and oxygen atoms in total. The van der Waals surface area contributed by atoms with Crippen molar-refractivity contribution in [2.75, 3.05) is 26.7 Å². The maximum absolute atomic E-state index is 3.66. The Morgan fingerprint density at radius 1 is 1.29 bits per heavy atom. The maximum atomic E-state index is 3.66. The van der Waals surface area contributed by atoms with E-state index < -0.39 is 0 Å². The molecule has 0 atom stereocenters. The fourth-order valence-corrected chi connectivity index (χ4v) is 4.07. The zero-order chi connectivity index (χ0) is 15.1. The lowest BCUT2D eigenvalue weighted by atomic mass is 9.85. The number of rotatable bonds is 8. The predicted molar refractivity (Wildman–Crippen MR) is 94.5 cm³/mol. The van der Waals surface area contributed by atoms with Gasteiger partial charge in [-0.15, -0.1) is 0 Å². The SMILES string of the molecule is CCCNCC1(CN(C)Cc2cccc(Br)c2)CCCC1. The highest BCUT2D eigenvalue weighted by molar-refractivity contribution is 9.10. The minimum Gasteiger partial charge on any atom is -0.316 e. The first-order valence-electron chi connectivity index (χ1n) is 8.27. The van der Waals surface area contributed by atoms with Crippen LogP contribution in [0.1, 0.15) is 44.6 Å². The van der Waals surface area contributed by atoms with E-state index in [4.69, 9.17) is 0 Å². The van der Waals surface area contributed by atoms with Gasteiger partial charge >= 0.3 is 0 Å². The van der Waals surface area contributed by atoms with E-state index in [0.717, 1.165) is 13.1 Å². The van der Waals surface area contributed by atoms with Crippen LogP contribution in [0.3, 0.4) is 0 Å². The van der Waals surface area contributed by atoms with E-state index >= 15 is 0 Å². The molecule has 0 amide bonds. The summed E-state index contributed by atoms with van der Waals surface area (Å²) < 4.78 is 1.17. The summed E-state index contributed by atoms with van der Waals surface area (Å²) in [6.45, 7) is 6.82. The van der Waals surface area contributed by atoms with E-state index in [-0.39, 0.29) is 0 Å². The van der Waals surface area contributed by atoms with Crippen LogP contribution >= 0.6 is 15.9 Å². The number of nitrogens with zero attached hydrogens (tertiary/aromatic N) is 1. The summed E-state index contributed by atoms with van der Waals surface area (Å²) in [5, 5.41) is 3.66. The highest BCUT2D eigenvalue weighted by atomic mass is 79.9. The molecule has 0 saturated heterocycles. The average molecular weight is 353 g/mol. The fourth-order valence-electron chi connectivity index (χ4n) is 3.62. The lowest BCUT2D eigenvalue weighted by Gasteiger charge is -2.34. The Morgan fingerprint density at radius 3 is 2.71 bits per heavy atom. The lowest BCUT2D eigenvalue weighted by molar-refractivity contribution is 0.168. The molecular formula is C18H29BrN2. The normalized spacial score (nSPS) is 17.5. The standard InChI is InChI=1S/C18H29BrN2/c1-3-11-20-14-18(9-4-5-10-18)15-21(2)13-16-7-6-8-17(19)12-16/h6-8,12,20H,3-5,9-11,13-15H2,1-2H3. The minimum atomic E-state index is 0.496. The van der Waals surface area contributed by atoms with Crippen molar-refractivity contribution < 1.29 is 0 Å². The Balaban J connectivity index is 1.90. The molecule has 118 valence electrons. The Hall–Kier alpha value is -0.380. The molecule has 1 fully saturated rings. The molecule has 0 aliphatic heterocycles. The van der Waals surface area contributed by atoms with E-state index in [1.54, 1.807) is 0 Å². The highest BCUT2D eigenvalue weighted by Crippen LogP contribution is 2.38. The molecule has 0 bridgehead atoms. The van der Waals surface area contributed by atoms with Crippen LogP contribution in [0.4, 0.5) is 0 Å². The van der Waals surface area contributed by atoms with Crippen LogP contribution in [0.2, 0.25) is 0 Å². The first-order chi connectivity index (χ1) is 10.1. The number of halogens is 1. The topological polar surface area (TPSA) is 15.3 Å². The molecule has 2 rings (SSSR count). The molecular weight excluding hydrogens is 324 g/mol. The zero-order valence-electron chi connectivity index (χ0n) is 13.5. The van der Waals surface area contributed by atoms with Gasteiger partial charge in [0.15, 0.2) is 0 Å². The summed E-state index contributed by atoms with van der Waals surface area (Å²) in [6.07, 6.45) is 6.79. The second-order valence-corrected chi connectivity index (χ2v) is 7.60. The van der Waals surface area contributed by atoms with Gasteiger partial charge in [-0.2, -0.15) is 0 Å². The Labute approximate surface area is 138 Å². The van der Waals surface area contributed by atoms with Crippen LogP contribution in [0.25, 0.3) is 0 Å². The molecule has 21 heavy (non-hydrogen) atoms. The van der Waals surface area contributed by atoms with Gasteiger partial charge in [0, 0.05) is 24.1 Å². The van der Waals surface area contributed by atoms with Crippen molar-refractivity contribution >= 4 is 15.9 Å². The largest absolute Gasteiger partial charge is 0.316 e. The quantitative estimate of drug-likeness (QED) is 0.695. The monoisotopic (exact) mass is 352 g/mol. The van der Waals surface area contributed by atoms with E-state index in [2.05, 4.69) is 64.4 Å². The lowest BCUT2D eigenvalue weighted by Crippen LogP contribution is -2.41. The summed E-state index contributed by atoms with van der Waals surface area (Å²) in [5.74, 6) is 0. The van der Waals surface area contributed by atoms with Crippen molar-refractivity contribution in [3.05, 3.63) is 34.3 Å². The third-order valence-corrected chi connectivity index (χ3v) is 5.03. The van der Waals surface area contributed by atoms with Gasteiger partial charge in [-0.25, -0.2) is 0 Å². The number of nitrogens with one attached hydrogen (secondary N) is 1. The number of hydrogen-bond acceptors (Lipinski definition) is 2. The number of hydrogen-bond donors (Lipinski definition) is 1. The number of benzene rings is 1. The molecule has 0 heterocycles. The first kappa shape index (κ1) is 17.0. The van der Waals surface area contributed by atoms with Crippen LogP contribution in [0, 0.1) is 5.41 Å². The van der Waals surface area contributed by atoms with Gasteiger partial charge in [-0.05, 0) is 56.0 Å². The van der Waals surface area contributed by atoms with Crippen molar-refractivity contribution in [1.82, 2.24) is 10.2 Å². The molecule has 1 N–H and O–H groups in total. The van der Waals surface area contributed by atoms with E-state index in [1.807, 2.05) is 0 Å². The van der Waals surface area contributed by atoms with Crippen LogP contribution < -0.4 is 5.32 Å². The summed E-state index contributed by atoms with van der Waals surface area (Å²) >= 11 is 3.56. The molecule has 1 aliphatic rings. The average Bonchev–Trinajstić information content (AvgIpc) is 2.87. The molecule has 0 radical (unpaired) electrons. The molecule has 0 unspecified atom stereocenters. The van der Waals surface area contributed by atoms with E-state index in [0.29, 0.717) is 5.41 Å². The van der Waals surface area contributed by atoms with Crippen LogP contribution in [0.15, 0.2) is 28.7 Å². The summed E-state index contributed by atoms with van der Waals surface area (Å²) in [4.78, 5) is 2.50. The molecule has 0 spiro atoms. The third kappa shape index (κ3) is 5.39. The Bertz CT molecular complexity index is 427. The maximum Gasteiger partial charge on any atom is 0.0231 e. The molecule has 3 heteroatoms. The Kier molecular flexibility index (Phi) is 6.72. The highest BCUT2D eigenvalue weighted by Gasteiger charge is 2.34. The van der Waals surface area contributed by atoms with Gasteiger partial charge in [0.05, 0.1) is 0 Å². The van der Waals surface area contributed by atoms with Gasteiger partial charge in [0.1, 0.15) is 0 Å². The molecule has 1 aromatic carbocycles. The van der Waals surface area contributed by atoms with Crippen molar-refractivity contribution in [3.63, 3.8) is 0 Å². The molecule has 0 aromatic heterocycles. The summed E-state index contributed by atoms with van der Waals surface area (Å²) in [6, 6.07) is 8.67. The van der Waals surface area contributed by atoms with Crippen molar-refractivity contribution in [2.45, 2.75) is 45.6 Å². The van der Waals surface area contributed by atoms with Crippen LogP contribution in [-0.4, -0.2) is 31.6 Å².